The molecule has 4 saturated carbocycles. The largest absolute Gasteiger partial charge is 0.342 e. The van der Waals surface area contributed by atoms with E-state index in [1.54, 1.807) is 44.5 Å². The van der Waals surface area contributed by atoms with Gasteiger partial charge < -0.3 is 9.80 Å². The predicted octanol–water partition coefficient (Wildman–Crippen LogP) is 6.99. The lowest BCUT2D eigenvalue weighted by atomic mass is 9.33. The van der Waals surface area contributed by atoms with E-state index in [-0.39, 0.29) is 0 Å². The molecule has 43 heavy (non-hydrogen) atoms. The maximum absolute atomic E-state index is 2.78. The van der Waals surface area contributed by atoms with Gasteiger partial charge in [0, 0.05) is 35.8 Å². The van der Waals surface area contributed by atoms with Crippen molar-refractivity contribution in [1.29, 1.82) is 0 Å². The molecule has 2 nitrogen and oxygen atoms in total. The molecule has 4 heterocycles. The number of nitrogens with zero attached hydrogens (tertiary/aromatic N) is 2. The second-order valence-corrected chi connectivity index (χ2v) is 15.4. The highest BCUT2D eigenvalue weighted by molar-refractivity contribution is 7.00. The molecule has 13 rings (SSSR count). The molecule has 0 aromatic heterocycles. The highest BCUT2D eigenvalue weighted by atomic mass is 15.2. The van der Waals surface area contributed by atoms with Crippen LogP contribution in [0.25, 0.3) is 21.5 Å². The van der Waals surface area contributed by atoms with E-state index in [1.165, 1.54) is 71.4 Å². The topological polar surface area (TPSA) is 6.48 Å². The summed E-state index contributed by atoms with van der Waals surface area (Å²) in [6.45, 7) is 2.52. The molecular formula is C40H35BN2. The highest BCUT2D eigenvalue weighted by Gasteiger charge is 2.53. The van der Waals surface area contributed by atoms with Gasteiger partial charge in [0.15, 0.2) is 0 Å². The van der Waals surface area contributed by atoms with E-state index in [0.29, 0.717) is 12.1 Å². The fraction of sp³-hybridized carbons (Fsp3) is 0.350. The molecule has 4 aliphatic carbocycles. The van der Waals surface area contributed by atoms with Gasteiger partial charge in [-0.25, -0.2) is 0 Å². The molecule has 4 bridgehead atoms. The van der Waals surface area contributed by atoms with E-state index in [9.17, 15) is 0 Å². The number of rotatable bonds is 1. The standard InChI is InChI=1S/C40H35BN2/c1-3-7-29-26(5-1)16-33-38-31(29)9-11-42(38)35-18-28(40-20-23-13-24(21-40)15-25(14-23)22-40)19-36-37(35)41(33)34-17-27-6-2-4-8-30(27)32-10-12-43(36)39(32)34/h1-8,16-19,23-25H,9-15,20-22H2. The molecule has 0 N–H and O–H groups in total. The van der Waals surface area contributed by atoms with E-state index in [1.807, 2.05) is 0 Å². The van der Waals surface area contributed by atoms with Crippen LogP contribution in [0.2, 0.25) is 0 Å². The van der Waals surface area contributed by atoms with Gasteiger partial charge in [-0.1, -0.05) is 60.7 Å². The van der Waals surface area contributed by atoms with E-state index >= 15 is 0 Å². The molecule has 5 aromatic carbocycles. The Morgan fingerprint density at radius 2 is 1.09 bits per heavy atom. The minimum Gasteiger partial charge on any atom is -0.342 e. The van der Waals surface area contributed by atoms with Crippen molar-refractivity contribution in [2.75, 3.05) is 22.9 Å². The Bertz CT molecular complexity index is 1950. The van der Waals surface area contributed by atoms with E-state index < -0.39 is 0 Å². The van der Waals surface area contributed by atoms with Crippen LogP contribution in [0.15, 0.2) is 72.8 Å². The second kappa shape index (κ2) is 7.49. The molecule has 8 aliphatic rings. The first-order chi connectivity index (χ1) is 21.2. The molecule has 3 heteroatoms. The number of fused-ring (bicyclic) bond motifs is 8. The molecule has 208 valence electrons. The maximum Gasteiger partial charge on any atom is 0.252 e. The van der Waals surface area contributed by atoms with E-state index in [4.69, 9.17) is 0 Å². The highest BCUT2D eigenvalue weighted by Crippen LogP contribution is 2.61. The fourth-order valence-corrected chi connectivity index (χ4v) is 12.2. The van der Waals surface area contributed by atoms with Crippen molar-refractivity contribution >= 4 is 67.4 Å². The van der Waals surface area contributed by atoms with Crippen LogP contribution in [0.5, 0.6) is 0 Å². The van der Waals surface area contributed by atoms with Gasteiger partial charge in [-0.2, -0.15) is 0 Å². The Morgan fingerprint density at radius 1 is 0.605 bits per heavy atom. The Balaban J connectivity index is 1.19. The first kappa shape index (κ1) is 22.8. The zero-order valence-corrected chi connectivity index (χ0v) is 24.7. The van der Waals surface area contributed by atoms with Gasteiger partial charge in [0.05, 0.1) is 0 Å². The van der Waals surface area contributed by atoms with Crippen LogP contribution in [0, 0.1) is 17.8 Å². The molecule has 0 saturated heterocycles. The monoisotopic (exact) mass is 554 g/mol. The zero-order valence-electron chi connectivity index (χ0n) is 24.7. The number of anilines is 4. The van der Waals surface area contributed by atoms with Crippen molar-refractivity contribution in [1.82, 2.24) is 0 Å². The van der Waals surface area contributed by atoms with Gasteiger partial charge in [-0.15, -0.1) is 0 Å². The summed E-state index contributed by atoms with van der Waals surface area (Å²) in [5.74, 6) is 2.88. The van der Waals surface area contributed by atoms with E-state index in [0.717, 1.165) is 43.7 Å². The quantitative estimate of drug-likeness (QED) is 0.206. The first-order valence-corrected chi connectivity index (χ1v) is 17.0. The van der Waals surface area contributed by atoms with Crippen molar-refractivity contribution in [2.45, 2.75) is 56.8 Å². The van der Waals surface area contributed by atoms with Crippen molar-refractivity contribution in [3.8, 4) is 0 Å². The molecule has 0 atom stereocenters. The molecule has 0 spiro atoms. The second-order valence-electron chi connectivity index (χ2n) is 15.4. The van der Waals surface area contributed by atoms with Crippen LogP contribution in [0.1, 0.15) is 55.2 Å². The summed E-state index contributed by atoms with van der Waals surface area (Å²) in [6, 6.07) is 29.0. The zero-order chi connectivity index (χ0) is 27.6. The molecular weight excluding hydrogens is 519 g/mol. The van der Waals surface area contributed by atoms with Crippen LogP contribution in [0.4, 0.5) is 22.7 Å². The van der Waals surface area contributed by atoms with Gasteiger partial charge in [0.1, 0.15) is 0 Å². The predicted molar refractivity (Wildman–Crippen MR) is 180 cm³/mol. The van der Waals surface area contributed by atoms with Crippen LogP contribution < -0.4 is 26.2 Å². The first-order valence-electron chi connectivity index (χ1n) is 17.0. The van der Waals surface area contributed by atoms with Crippen molar-refractivity contribution < 1.29 is 0 Å². The average Bonchev–Trinajstić information content (AvgIpc) is 3.67. The Hall–Kier alpha value is -3.72. The lowest BCUT2D eigenvalue weighted by Gasteiger charge is -2.57. The minimum atomic E-state index is 0.302. The summed E-state index contributed by atoms with van der Waals surface area (Å²) in [5, 5.41) is 5.75. The summed E-state index contributed by atoms with van der Waals surface area (Å²) in [7, 11) is 0. The third-order valence-corrected chi connectivity index (χ3v) is 13.3. The van der Waals surface area contributed by atoms with Crippen LogP contribution >= 0.6 is 0 Å². The van der Waals surface area contributed by atoms with Crippen LogP contribution in [-0.2, 0) is 18.3 Å². The number of hydrogen-bond donors (Lipinski definition) is 0. The third kappa shape index (κ3) is 2.67. The summed E-state index contributed by atoms with van der Waals surface area (Å²) < 4.78 is 0. The summed E-state index contributed by atoms with van der Waals surface area (Å²) in [5.41, 5.74) is 16.1. The fourth-order valence-electron chi connectivity index (χ4n) is 12.2. The summed E-state index contributed by atoms with van der Waals surface area (Å²) in [4.78, 5) is 5.55. The van der Waals surface area contributed by atoms with Gasteiger partial charge in [0.2, 0.25) is 0 Å². The minimum absolute atomic E-state index is 0.302. The summed E-state index contributed by atoms with van der Waals surface area (Å²) >= 11 is 0. The lowest BCUT2D eigenvalue weighted by molar-refractivity contribution is -0.00514. The van der Waals surface area contributed by atoms with Crippen LogP contribution in [-0.4, -0.2) is 19.8 Å². The third-order valence-electron chi connectivity index (χ3n) is 13.3. The number of benzene rings is 5. The number of hydrogen-bond acceptors (Lipinski definition) is 2. The van der Waals surface area contributed by atoms with E-state index in [2.05, 4.69) is 82.6 Å². The maximum atomic E-state index is 2.78. The SMILES string of the molecule is c1ccc2c3c4c(cc2c1)B1c2cc5ccccc5c5c2N(CC5)c2cc(C56CC7CC(CC(C7)C5)C6)cc(c21)N4CC3. The molecule has 0 radical (unpaired) electrons. The van der Waals surface area contributed by atoms with Gasteiger partial charge >= 0.3 is 0 Å². The van der Waals surface area contributed by atoms with Gasteiger partial charge in [-0.05, 0) is 141 Å². The van der Waals surface area contributed by atoms with Gasteiger partial charge in [-0.3, -0.25) is 0 Å². The van der Waals surface area contributed by atoms with Gasteiger partial charge in [0.25, 0.3) is 6.71 Å². The smallest absolute Gasteiger partial charge is 0.252 e. The lowest BCUT2D eigenvalue weighted by Crippen LogP contribution is -2.62. The summed E-state index contributed by atoms with van der Waals surface area (Å²) in [6.07, 6.45) is 11.1. The normalized spacial score (nSPS) is 28.2. The Morgan fingerprint density at radius 3 is 1.60 bits per heavy atom. The molecule has 0 amide bonds. The average molecular weight is 555 g/mol. The van der Waals surface area contributed by atoms with Crippen molar-refractivity contribution in [3.05, 3.63) is 89.5 Å². The molecule has 5 aromatic rings. The molecule has 4 aliphatic heterocycles. The Labute approximate surface area is 253 Å². The Kier molecular flexibility index (Phi) is 3.97. The molecule has 4 fully saturated rings. The van der Waals surface area contributed by atoms with Crippen molar-refractivity contribution in [2.24, 2.45) is 17.8 Å². The van der Waals surface area contributed by atoms with Crippen molar-refractivity contribution in [3.63, 3.8) is 0 Å². The molecule has 0 unspecified atom stereocenters. The van der Waals surface area contributed by atoms with Crippen LogP contribution in [0.3, 0.4) is 0 Å².